The molecule has 1 aromatic carbocycles. The molecule has 0 radical (unpaired) electrons. The number of esters is 1. The molecule has 0 bridgehead atoms. The lowest BCUT2D eigenvalue weighted by molar-refractivity contribution is -0.143. The Kier molecular flexibility index (Phi) is 10.0. The molecule has 0 fully saturated rings. The summed E-state index contributed by atoms with van der Waals surface area (Å²) in [6.07, 6.45) is 5.17. The number of hydrogen-bond donors (Lipinski definition) is 0. The second-order valence-corrected chi connectivity index (χ2v) is 8.71. The van der Waals surface area contributed by atoms with Gasteiger partial charge in [-0.05, 0) is 57.4 Å². The highest BCUT2D eigenvalue weighted by Gasteiger charge is 2.18. The number of hydrogen-bond acceptors (Lipinski definition) is 8. The number of pyridine rings is 1. The number of carbonyl (C=O) groups excluding carboxylic acids is 1. The van der Waals surface area contributed by atoms with E-state index in [1.54, 1.807) is 25.4 Å². The molecule has 10 heteroatoms. The lowest BCUT2D eigenvalue weighted by atomic mass is 10.0. The van der Waals surface area contributed by atoms with E-state index >= 15 is 0 Å². The van der Waals surface area contributed by atoms with Gasteiger partial charge in [0.15, 0.2) is 0 Å². The van der Waals surface area contributed by atoms with E-state index < -0.39 is 0 Å². The van der Waals surface area contributed by atoms with Crippen molar-refractivity contribution in [2.75, 3.05) is 6.61 Å². The van der Waals surface area contributed by atoms with Crippen LogP contribution in [-0.2, 0) is 22.5 Å². The van der Waals surface area contributed by atoms with Gasteiger partial charge >= 0.3 is 5.97 Å². The van der Waals surface area contributed by atoms with Crippen molar-refractivity contribution in [2.45, 2.75) is 73.5 Å². The van der Waals surface area contributed by atoms with Crippen LogP contribution in [0.2, 0.25) is 5.02 Å². The van der Waals surface area contributed by atoms with Crippen molar-refractivity contribution < 1.29 is 18.8 Å². The predicted octanol–water partition coefficient (Wildman–Crippen LogP) is 6.52. The molecule has 4 aromatic rings. The molecule has 3 aromatic heterocycles. The fourth-order valence-electron chi connectivity index (χ4n) is 3.76. The molecule has 37 heavy (non-hydrogen) atoms. The van der Waals surface area contributed by atoms with Crippen molar-refractivity contribution in [1.82, 2.24) is 24.9 Å². The van der Waals surface area contributed by atoms with Crippen molar-refractivity contribution >= 4 is 28.5 Å². The quantitative estimate of drug-likeness (QED) is 0.214. The van der Waals surface area contributed by atoms with Gasteiger partial charge < -0.3 is 14.0 Å². The van der Waals surface area contributed by atoms with Crippen molar-refractivity contribution in [1.29, 1.82) is 0 Å². The normalized spacial score (nSPS) is 10.9. The standard InChI is InChI=1S/C25H28ClN5O4.C2H6/c1-5-16-12-21-17(14-28-31(21)9-7-8-22(32)33-6-2)10-19(16)23-29-24(35-30-23)18-11-20(26)25(27-13-18)34-15(3)4;1-2/h10-15H,5-9H2,1-4H3;1-2H3. The molecule has 4 rings (SSSR count). The van der Waals surface area contributed by atoms with E-state index in [-0.39, 0.29) is 12.1 Å². The summed E-state index contributed by atoms with van der Waals surface area (Å²) in [4.78, 5) is 20.5. The van der Waals surface area contributed by atoms with Crippen LogP contribution in [0.15, 0.2) is 35.1 Å². The summed E-state index contributed by atoms with van der Waals surface area (Å²) in [5, 5.41) is 10.0. The van der Waals surface area contributed by atoms with Crippen LogP contribution in [0.5, 0.6) is 5.88 Å². The highest BCUT2D eigenvalue weighted by atomic mass is 35.5. The van der Waals surface area contributed by atoms with E-state index in [0.717, 1.165) is 28.5 Å². The van der Waals surface area contributed by atoms with Crippen LogP contribution in [0.3, 0.4) is 0 Å². The van der Waals surface area contributed by atoms with E-state index in [0.29, 0.717) is 54.2 Å². The molecule has 0 N–H and O–H groups in total. The highest BCUT2D eigenvalue weighted by Crippen LogP contribution is 2.31. The molecule has 0 aliphatic heterocycles. The van der Waals surface area contributed by atoms with E-state index in [1.165, 1.54) is 0 Å². The first-order valence-corrected chi connectivity index (χ1v) is 13.1. The molecule has 0 atom stereocenters. The maximum Gasteiger partial charge on any atom is 0.305 e. The molecule has 0 spiro atoms. The first-order valence-electron chi connectivity index (χ1n) is 12.7. The van der Waals surface area contributed by atoms with Crippen LogP contribution in [0, 0.1) is 0 Å². The van der Waals surface area contributed by atoms with Crippen molar-refractivity contribution in [3.05, 3.63) is 41.2 Å². The van der Waals surface area contributed by atoms with Gasteiger partial charge in [-0.2, -0.15) is 10.1 Å². The van der Waals surface area contributed by atoms with Gasteiger partial charge in [0.1, 0.15) is 5.02 Å². The van der Waals surface area contributed by atoms with Gasteiger partial charge in [-0.15, -0.1) is 0 Å². The van der Waals surface area contributed by atoms with E-state index in [1.807, 2.05) is 38.4 Å². The molecular weight excluding hydrogens is 494 g/mol. The van der Waals surface area contributed by atoms with Gasteiger partial charge in [-0.3, -0.25) is 9.48 Å². The van der Waals surface area contributed by atoms with Crippen molar-refractivity contribution in [3.8, 4) is 28.7 Å². The highest BCUT2D eigenvalue weighted by molar-refractivity contribution is 6.32. The molecule has 0 aliphatic carbocycles. The number of nitrogens with zero attached hydrogens (tertiary/aromatic N) is 5. The lowest BCUT2D eigenvalue weighted by Gasteiger charge is -2.09. The molecule has 0 aliphatic rings. The van der Waals surface area contributed by atoms with Crippen molar-refractivity contribution in [2.24, 2.45) is 0 Å². The Balaban J connectivity index is 0.00000186. The predicted molar refractivity (Wildman–Crippen MR) is 144 cm³/mol. The summed E-state index contributed by atoms with van der Waals surface area (Å²) in [6, 6.07) is 5.81. The smallest absolute Gasteiger partial charge is 0.305 e. The summed E-state index contributed by atoms with van der Waals surface area (Å²) in [7, 11) is 0. The minimum atomic E-state index is -0.188. The zero-order valence-electron chi connectivity index (χ0n) is 22.2. The molecule has 0 saturated heterocycles. The third-order valence-electron chi connectivity index (χ3n) is 5.37. The summed E-state index contributed by atoms with van der Waals surface area (Å²) < 4.78 is 18.0. The van der Waals surface area contributed by atoms with Crippen LogP contribution in [0.4, 0.5) is 0 Å². The summed E-state index contributed by atoms with van der Waals surface area (Å²) >= 11 is 6.32. The van der Waals surface area contributed by atoms with Crippen LogP contribution in [-0.4, -0.2) is 43.6 Å². The van der Waals surface area contributed by atoms with Crippen LogP contribution >= 0.6 is 11.6 Å². The van der Waals surface area contributed by atoms with Gasteiger partial charge in [0.05, 0.1) is 30.0 Å². The minimum Gasteiger partial charge on any atom is -0.474 e. The fraction of sp³-hybridized carbons (Fsp3) is 0.444. The Morgan fingerprint density at radius 3 is 2.62 bits per heavy atom. The summed E-state index contributed by atoms with van der Waals surface area (Å²) in [6.45, 7) is 12.7. The van der Waals surface area contributed by atoms with Gasteiger partial charge in [-0.25, -0.2) is 4.98 Å². The molecular formula is C27H34ClN5O4. The molecule has 0 unspecified atom stereocenters. The molecule has 198 valence electrons. The zero-order valence-corrected chi connectivity index (χ0v) is 23.0. The Hall–Kier alpha value is -3.46. The van der Waals surface area contributed by atoms with E-state index in [2.05, 4.69) is 33.2 Å². The zero-order chi connectivity index (χ0) is 26.9. The number of fused-ring (bicyclic) bond motifs is 1. The fourth-order valence-corrected chi connectivity index (χ4v) is 3.97. The van der Waals surface area contributed by atoms with Crippen LogP contribution in [0.25, 0.3) is 33.7 Å². The average Bonchev–Trinajstić information content (AvgIpc) is 3.53. The number of aryl methyl sites for hydroxylation is 2. The summed E-state index contributed by atoms with van der Waals surface area (Å²) in [5.41, 5.74) is 3.54. The first-order chi connectivity index (χ1) is 17.9. The second-order valence-electron chi connectivity index (χ2n) is 8.30. The Morgan fingerprint density at radius 2 is 1.95 bits per heavy atom. The minimum absolute atomic E-state index is 0.0369. The summed E-state index contributed by atoms with van der Waals surface area (Å²) in [5.74, 6) is 0.977. The SMILES string of the molecule is CC.CCOC(=O)CCCn1ncc2cc(-c3noc(-c4cnc(OC(C)C)c(Cl)c4)n3)c(CC)cc21. The second kappa shape index (κ2) is 13.2. The topological polar surface area (TPSA) is 105 Å². The largest absolute Gasteiger partial charge is 0.474 e. The van der Waals surface area contributed by atoms with E-state index in [9.17, 15) is 4.79 Å². The number of benzene rings is 1. The number of carbonyl (C=O) groups is 1. The maximum atomic E-state index is 11.6. The van der Waals surface area contributed by atoms with Gasteiger partial charge in [0.2, 0.25) is 11.7 Å². The van der Waals surface area contributed by atoms with Gasteiger partial charge in [-0.1, -0.05) is 37.5 Å². The number of halogens is 1. The van der Waals surface area contributed by atoms with Gasteiger partial charge in [0.25, 0.3) is 5.89 Å². The monoisotopic (exact) mass is 527 g/mol. The maximum absolute atomic E-state index is 11.6. The van der Waals surface area contributed by atoms with Gasteiger partial charge in [0, 0.05) is 30.1 Å². The number of aromatic nitrogens is 5. The molecule has 3 heterocycles. The lowest BCUT2D eigenvalue weighted by Crippen LogP contribution is -2.07. The van der Waals surface area contributed by atoms with Crippen molar-refractivity contribution in [3.63, 3.8) is 0 Å². The van der Waals surface area contributed by atoms with Crippen LogP contribution in [0.1, 0.15) is 59.9 Å². The Bertz CT molecular complexity index is 1330. The Labute approximate surface area is 222 Å². The number of ether oxygens (including phenoxy) is 2. The molecule has 9 nitrogen and oxygen atoms in total. The molecule has 0 amide bonds. The first kappa shape index (κ1) is 28.1. The van der Waals surface area contributed by atoms with E-state index in [4.69, 9.17) is 25.6 Å². The Morgan fingerprint density at radius 1 is 1.16 bits per heavy atom. The van der Waals surface area contributed by atoms with Crippen LogP contribution < -0.4 is 4.74 Å². The average molecular weight is 528 g/mol. The third-order valence-corrected chi connectivity index (χ3v) is 5.64. The molecule has 0 saturated carbocycles. The third kappa shape index (κ3) is 6.85. The number of rotatable bonds is 10.